The van der Waals surface area contributed by atoms with Crippen LogP contribution >= 0.6 is 46.4 Å². The van der Waals surface area contributed by atoms with Crippen molar-refractivity contribution in [2.24, 2.45) is 0 Å². The second-order valence-corrected chi connectivity index (χ2v) is 25.4. The lowest BCUT2D eigenvalue weighted by Crippen LogP contribution is -2.48. The first-order valence-electron chi connectivity index (χ1n) is 34.7. The number of alkyl carbamates (subject to hydrolysis) is 2. The molecule has 2 heterocycles. The van der Waals surface area contributed by atoms with E-state index < -0.39 is 54.6 Å². The number of carboxylic acid groups (broad SMARTS) is 2. The first-order valence-corrected chi connectivity index (χ1v) is 36.3. The number of amides is 7. The molecule has 0 radical (unpaired) electrons. The molecular weight excluding hydrogens is 1420 g/mol. The van der Waals surface area contributed by atoms with E-state index in [0.29, 0.717) is 131 Å². The van der Waals surface area contributed by atoms with Gasteiger partial charge in [0.2, 0.25) is 29.5 Å². The maximum Gasteiger partial charge on any atom is 0.407 e. The molecule has 0 fully saturated rings. The van der Waals surface area contributed by atoms with Crippen LogP contribution in [0.2, 0.25) is 20.1 Å². The first kappa shape index (κ1) is 87.5. The Morgan fingerprint density at radius 2 is 0.816 bits per heavy atom. The van der Waals surface area contributed by atoms with Crippen LogP contribution in [0.1, 0.15) is 139 Å². The molecular formula is C70H100Cl4N12O17. The number of aromatic nitrogens is 2. The zero-order chi connectivity index (χ0) is 74.5. The van der Waals surface area contributed by atoms with E-state index >= 15 is 0 Å². The summed E-state index contributed by atoms with van der Waals surface area (Å²) in [5, 5.41) is 49.9. The monoisotopic (exact) mass is 1520 g/mol. The zero-order valence-corrected chi connectivity index (χ0v) is 61.1. The van der Waals surface area contributed by atoms with Gasteiger partial charge in [-0.15, -0.1) is 0 Å². The molecule has 29 nitrogen and oxygen atoms in total. The molecule has 0 bridgehead atoms. The number of benzene rings is 2. The lowest BCUT2D eigenvalue weighted by molar-refractivity contribution is -0.139. The Kier molecular flexibility index (Phi) is 46.5. The van der Waals surface area contributed by atoms with Crippen LogP contribution in [0.4, 0.5) is 21.2 Å². The highest BCUT2D eigenvalue weighted by Gasteiger charge is 2.27. The molecule has 4 rings (SSSR count). The van der Waals surface area contributed by atoms with Gasteiger partial charge in [-0.2, -0.15) is 0 Å². The fourth-order valence-electron chi connectivity index (χ4n) is 9.98. The van der Waals surface area contributed by atoms with E-state index in [9.17, 15) is 53.4 Å². The number of pyridine rings is 2. The average molecular weight is 1520 g/mol. The summed E-state index contributed by atoms with van der Waals surface area (Å²) < 4.78 is 32.2. The highest BCUT2D eigenvalue weighted by Crippen LogP contribution is 2.28. The predicted molar refractivity (Wildman–Crippen MR) is 390 cm³/mol. The third kappa shape index (κ3) is 44.4. The Morgan fingerprint density at radius 1 is 0.408 bits per heavy atom. The summed E-state index contributed by atoms with van der Waals surface area (Å²) in [4.78, 5) is 121. The van der Waals surface area contributed by atoms with Crippen molar-refractivity contribution >= 4 is 112 Å². The number of anilines is 2. The normalized spacial score (nSPS) is 12.2. The van der Waals surface area contributed by atoms with Gasteiger partial charge in [-0.3, -0.25) is 33.6 Å². The lowest BCUT2D eigenvalue weighted by atomic mass is 10.0. The minimum atomic E-state index is -1.17. The van der Waals surface area contributed by atoms with Crippen molar-refractivity contribution in [3.8, 4) is 0 Å². The minimum Gasteiger partial charge on any atom is -0.481 e. The number of unbranched alkanes of at least 4 members (excludes halogenated alkanes) is 5. The van der Waals surface area contributed by atoms with Gasteiger partial charge in [0.05, 0.1) is 71.7 Å². The molecule has 4 unspecified atom stereocenters. The van der Waals surface area contributed by atoms with Crippen molar-refractivity contribution in [3.63, 3.8) is 0 Å². The van der Waals surface area contributed by atoms with Crippen LogP contribution in [0.3, 0.4) is 0 Å². The highest BCUT2D eigenvalue weighted by molar-refractivity contribution is 6.35. The quantitative estimate of drug-likeness (QED) is 0.0184. The second-order valence-electron chi connectivity index (χ2n) is 23.7. The summed E-state index contributed by atoms with van der Waals surface area (Å²) in [6.07, 6.45) is 8.92. The molecule has 570 valence electrons. The van der Waals surface area contributed by atoms with Gasteiger partial charge in [-0.25, -0.2) is 19.6 Å². The van der Waals surface area contributed by atoms with Gasteiger partial charge in [-0.05, 0) is 149 Å². The number of carbonyl (C=O) groups excluding carboxylic acids is 7. The van der Waals surface area contributed by atoms with E-state index in [2.05, 4.69) is 63.1 Å². The van der Waals surface area contributed by atoms with Crippen molar-refractivity contribution in [2.75, 3.05) is 123 Å². The van der Waals surface area contributed by atoms with Gasteiger partial charge in [0, 0.05) is 116 Å². The number of nitrogens with zero attached hydrogens (tertiary/aromatic N) is 2. The molecule has 12 N–H and O–H groups in total. The molecule has 103 heavy (non-hydrogen) atoms. The van der Waals surface area contributed by atoms with E-state index in [4.69, 9.17) is 74.8 Å². The van der Waals surface area contributed by atoms with Gasteiger partial charge in [0.1, 0.15) is 30.9 Å². The Hall–Kier alpha value is -7.87. The van der Waals surface area contributed by atoms with Gasteiger partial charge < -0.3 is 91.8 Å². The number of nitrogens with one attached hydrogen (secondary N) is 10. The molecule has 4 atom stereocenters. The third-order valence-electron chi connectivity index (χ3n) is 15.2. The van der Waals surface area contributed by atoms with Crippen molar-refractivity contribution < 1.29 is 81.8 Å². The molecule has 0 saturated carbocycles. The topological polar surface area (TPSA) is 396 Å². The third-order valence-corrected chi connectivity index (χ3v) is 16.1. The Labute approximate surface area is 621 Å². The SMILES string of the molecule is O=C(O)CC(NCC(CCCCNC(=O)CCOCCOCCOC(=O)NCCCCNC(=O)OCCOCCOCCC(=O)NCCCCC(NC(=O)CCCCNc1ccccn1)C(=O)NC(CC(=O)O)c1cc(Cl)cc(Cl)c1)NC(=O)CCCCNc1ccccn1)c1cc(Cl)cc(Cl)c1. The molecule has 33 heteroatoms. The van der Waals surface area contributed by atoms with Gasteiger partial charge in [-0.1, -0.05) is 58.5 Å². The molecule has 0 aliphatic carbocycles. The summed E-state index contributed by atoms with van der Waals surface area (Å²) in [7, 11) is 0. The second kappa shape index (κ2) is 54.7. The molecule has 0 spiro atoms. The van der Waals surface area contributed by atoms with E-state index in [-0.39, 0.29) is 144 Å². The van der Waals surface area contributed by atoms with Crippen molar-refractivity contribution in [1.29, 1.82) is 0 Å². The number of halogens is 4. The van der Waals surface area contributed by atoms with E-state index in [1.807, 2.05) is 36.4 Å². The number of aliphatic carboxylic acids is 2. The summed E-state index contributed by atoms with van der Waals surface area (Å²) in [5.41, 5.74) is 1.01. The first-order chi connectivity index (χ1) is 49.8. The van der Waals surface area contributed by atoms with Crippen molar-refractivity contribution in [1.82, 2.24) is 52.5 Å². The Bertz CT molecular complexity index is 3100. The average Bonchev–Trinajstić information content (AvgIpc) is 0.854. The van der Waals surface area contributed by atoms with Crippen LogP contribution in [0.5, 0.6) is 0 Å². The van der Waals surface area contributed by atoms with Crippen molar-refractivity contribution in [3.05, 3.63) is 116 Å². The van der Waals surface area contributed by atoms with Crippen LogP contribution < -0.4 is 53.2 Å². The molecule has 2 aromatic carbocycles. The van der Waals surface area contributed by atoms with E-state index in [1.54, 1.807) is 30.6 Å². The van der Waals surface area contributed by atoms with Crippen LogP contribution in [0, 0.1) is 0 Å². The number of carboxylic acids is 2. The Morgan fingerprint density at radius 3 is 1.28 bits per heavy atom. The predicted octanol–water partition coefficient (Wildman–Crippen LogP) is 8.71. The van der Waals surface area contributed by atoms with Crippen LogP contribution in [-0.2, 0) is 62.0 Å². The maximum atomic E-state index is 13.7. The van der Waals surface area contributed by atoms with E-state index in [1.165, 1.54) is 18.2 Å². The van der Waals surface area contributed by atoms with Gasteiger partial charge in [0.15, 0.2) is 0 Å². The molecule has 2 aromatic heterocycles. The molecule has 0 aliphatic heterocycles. The number of hydrogen-bond donors (Lipinski definition) is 12. The van der Waals surface area contributed by atoms with Crippen molar-refractivity contribution in [2.45, 2.75) is 140 Å². The summed E-state index contributed by atoms with van der Waals surface area (Å²) in [5.74, 6) is -2.16. The number of carbonyl (C=O) groups is 9. The smallest absolute Gasteiger partial charge is 0.407 e. The summed E-state index contributed by atoms with van der Waals surface area (Å²) in [6.45, 7) is 4.34. The largest absolute Gasteiger partial charge is 0.481 e. The molecule has 0 aliphatic rings. The summed E-state index contributed by atoms with van der Waals surface area (Å²) >= 11 is 24.8. The van der Waals surface area contributed by atoms with Crippen LogP contribution in [0.15, 0.2) is 85.2 Å². The number of rotatable bonds is 58. The molecule has 0 saturated heterocycles. The fraction of sp³-hybridized carbons (Fsp3) is 0.557. The highest BCUT2D eigenvalue weighted by atomic mass is 35.5. The van der Waals surface area contributed by atoms with E-state index in [0.717, 1.165) is 18.1 Å². The molecule has 7 amide bonds. The lowest BCUT2D eigenvalue weighted by Gasteiger charge is -2.24. The van der Waals surface area contributed by atoms with Crippen LogP contribution in [0.25, 0.3) is 0 Å². The van der Waals surface area contributed by atoms with Gasteiger partial charge in [0.25, 0.3) is 0 Å². The standard InChI is InChI=1S/C70H100Cl4N12O17/c71-52-41-50(42-53(72)45-52)58(47-66(91)92)83-49-56(84-64(89)19-5-11-25-77-60-17-3-9-23-75-60)15-1-7-27-79-62(87)21-31-98-33-35-100-37-39-102-69(96)81-29-13-14-30-82-70(97)103-40-38-101-36-34-99-32-22-63(88)80-28-8-2-16-57(85-65(90)20-6-12-26-78-61-18-4-10-24-76-61)68(95)86-59(48-67(93)94)51-43-54(73)46-55(74)44-51/h3-4,9-10,17-18,23-24,41-46,56-59,83H,1-2,5-8,11-16,19-22,25-40,47-49H2,(H,75,77)(H,76,78)(H,79,87)(H,80,88)(H,81,96)(H,82,97)(H,84,89)(H,85,90)(H,86,95)(H,91,92)(H,93,94). The number of ether oxygens (including phenoxy) is 6. The summed E-state index contributed by atoms with van der Waals surface area (Å²) in [6, 6.07) is 17.6. The maximum absolute atomic E-state index is 13.7. The fourth-order valence-corrected chi connectivity index (χ4v) is 11.1. The van der Waals surface area contributed by atoms with Gasteiger partial charge >= 0.3 is 24.1 Å². The minimum absolute atomic E-state index is 0.00242. The van der Waals surface area contributed by atoms with Crippen LogP contribution in [-0.4, -0.2) is 198 Å². The number of hydrogen-bond acceptors (Lipinski definition) is 20. The zero-order valence-electron chi connectivity index (χ0n) is 58.1. The molecule has 4 aromatic rings. The Balaban J connectivity index is 0.942.